The molecule has 1 N–H and O–H groups in total. The van der Waals surface area contributed by atoms with Gasteiger partial charge in [-0.2, -0.15) is 0 Å². The van der Waals surface area contributed by atoms with Gasteiger partial charge in [0.2, 0.25) is 0 Å². The van der Waals surface area contributed by atoms with Gasteiger partial charge in [-0.15, -0.1) is 0 Å². The average molecular weight is 478 g/mol. The summed E-state index contributed by atoms with van der Waals surface area (Å²) in [6, 6.07) is 8.54. The molecule has 0 atom stereocenters. The molecule has 4 rings (SSSR count). The van der Waals surface area contributed by atoms with Crippen molar-refractivity contribution >= 4 is 22.6 Å². The number of nitrogens with one attached hydrogen (secondary N) is 1. The number of aryl methyl sites for hydroxylation is 1. The second kappa shape index (κ2) is 9.41. The number of halogens is 1. The van der Waals surface area contributed by atoms with Crippen molar-refractivity contribution < 1.29 is 23.4 Å². The lowest BCUT2D eigenvalue weighted by molar-refractivity contribution is 0.102. The van der Waals surface area contributed by atoms with Crippen molar-refractivity contribution in [2.45, 2.75) is 13.8 Å². The minimum Gasteiger partial charge on any atom is -0.491 e. The van der Waals surface area contributed by atoms with Crippen LogP contribution in [0, 0.1) is 19.7 Å². The molecule has 0 bridgehead atoms. The van der Waals surface area contributed by atoms with Gasteiger partial charge in [0.05, 0.1) is 19.7 Å². The van der Waals surface area contributed by atoms with Gasteiger partial charge in [-0.25, -0.2) is 9.37 Å². The summed E-state index contributed by atoms with van der Waals surface area (Å²) < 4.78 is 32.9. The Morgan fingerprint density at radius 1 is 1.03 bits per heavy atom. The first-order chi connectivity index (χ1) is 16.7. The van der Waals surface area contributed by atoms with E-state index in [2.05, 4.69) is 15.3 Å². The predicted molar refractivity (Wildman–Crippen MR) is 128 cm³/mol. The molecule has 1 amide bonds. The highest BCUT2D eigenvalue weighted by atomic mass is 19.1. The van der Waals surface area contributed by atoms with Crippen LogP contribution in [0.25, 0.3) is 11.0 Å². The van der Waals surface area contributed by atoms with E-state index in [1.807, 2.05) is 0 Å². The Morgan fingerprint density at radius 3 is 2.49 bits per heavy atom. The zero-order chi connectivity index (χ0) is 25.3. The SMILES string of the molecule is COc1cc2nccc(Oc3ccc(NC(=O)c4c(C)n(C)c(C)cc4=O)cc3F)c2nc1OC. The number of ether oxygens (including phenoxy) is 3. The number of benzene rings is 1. The molecule has 0 aliphatic carbocycles. The topological polar surface area (TPSA) is 105 Å². The molecule has 0 spiro atoms. The maximum absolute atomic E-state index is 14.9. The van der Waals surface area contributed by atoms with Gasteiger partial charge in [0.1, 0.15) is 11.1 Å². The maximum Gasteiger partial charge on any atom is 0.261 e. The van der Waals surface area contributed by atoms with Gasteiger partial charge in [-0.3, -0.25) is 14.6 Å². The summed E-state index contributed by atoms with van der Waals surface area (Å²) in [6.07, 6.45) is 1.50. The van der Waals surface area contributed by atoms with Crippen LogP contribution in [0.1, 0.15) is 21.7 Å². The first-order valence-corrected chi connectivity index (χ1v) is 10.6. The van der Waals surface area contributed by atoms with Gasteiger partial charge in [0.25, 0.3) is 11.8 Å². The summed E-state index contributed by atoms with van der Waals surface area (Å²) in [6.45, 7) is 3.46. The van der Waals surface area contributed by atoms with Crippen molar-refractivity contribution in [3.05, 3.63) is 75.6 Å². The Labute approximate surface area is 200 Å². The number of aromatic nitrogens is 3. The van der Waals surface area contributed by atoms with E-state index in [1.54, 1.807) is 37.6 Å². The molecule has 0 fully saturated rings. The largest absolute Gasteiger partial charge is 0.491 e. The van der Waals surface area contributed by atoms with Crippen LogP contribution in [0.4, 0.5) is 10.1 Å². The second-order valence-electron chi connectivity index (χ2n) is 7.75. The molecule has 0 unspecified atom stereocenters. The standard InChI is InChI=1S/C25H23FN4O5/c1-13-10-18(31)22(14(2)30(13)3)24(32)28-15-6-7-19(16(26)11-15)35-20-8-9-27-17-12-21(33-4)25(34-5)29-23(17)20/h6-12H,1-5H3,(H,28,32). The van der Waals surface area contributed by atoms with Crippen LogP contribution in [-0.4, -0.2) is 34.7 Å². The molecule has 0 saturated heterocycles. The summed E-state index contributed by atoms with van der Waals surface area (Å²) in [4.78, 5) is 33.7. The van der Waals surface area contributed by atoms with Crippen LogP contribution in [0.3, 0.4) is 0 Å². The number of methoxy groups -OCH3 is 2. The Balaban J connectivity index is 1.61. The van der Waals surface area contributed by atoms with Crippen LogP contribution < -0.4 is 25.0 Å². The number of carbonyl (C=O) groups is 1. The van der Waals surface area contributed by atoms with Gasteiger partial charge in [0.15, 0.2) is 28.5 Å². The van der Waals surface area contributed by atoms with Crippen LogP contribution in [0.5, 0.6) is 23.1 Å². The van der Waals surface area contributed by atoms with Gasteiger partial charge in [0, 0.05) is 54.6 Å². The normalized spacial score (nSPS) is 10.8. The molecular formula is C25H23FN4O5. The number of nitrogens with zero attached hydrogens (tertiary/aromatic N) is 3. The highest BCUT2D eigenvalue weighted by molar-refractivity contribution is 6.05. The minimum absolute atomic E-state index is 0.00228. The second-order valence-corrected chi connectivity index (χ2v) is 7.75. The molecule has 0 aliphatic rings. The number of hydrogen-bond acceptors (Lipinski definition) is 7. The fraction of sp³-hybridized carbons (Fsp3) is 0.200. The molecular weight excluding hydrogens is 455 g/mol. The number of amides is 1. The summed E-state index contributed by atoms with van der Waals surface area (Å²) in [5.41, 5.74) is 1.83. The molecule has 9 nitrogen and oxygen atoms in total. The minimum atomic E-state index is -0.721. The molecule has 35 heavy (non-hydrogen) atoms. The molecule has 3 aromatic heterocycles. The van der Waals surface area contributed by atoms with Crippen LogP contribution >= 0.6 is 0 Å². The molecule has 180 valence electrons. The lowest BCUT2D eigenvalue weighted by Gasteiger charge is -2.14. The third-order valence-corrected chi connectivity index (χ3v) is 5.64. The van der Waals surface area contributed by atoms with Crippen molar-refractivity contribution in [3.63, 3.8) is 0 Å². The first kappa shape index (κ1) is 23.7. The summed E-state index contributed by atoms with van der Waals surface area (Å²) in [5.74, 6) is -0.549. The monoisotopic (exact) mass is 478 g/mol. The quantitative estimate of drug-likeness (QED) is 0.444. The van der Waals surface area contributed by atoms with Crippen LogP contribution in [0.2, 0.25) is 0 Å². The molecule has 0 aliphatic heterocycles. The lowest BCUT2D eigenvalue weighted by atomic mass is 10.1. The summed E-state index contributed by atoms with van der Waals surface area (Å²) in [5, 5.41) is 2.58. The Hall–Kier alpha value is -4.47. The molecule has 4 aromatic rings. The molecule has 0 saturated carbocycles. The van der Waals surface area contributed by atoms with Crippen molar-refractivity contribution in [1.29, 1.82) is 0 Å². The zero-order valence-electron chi connectivity index (χ0n) is 19.8. The van der Waals surface area contributed by atoms with E-state index in [0.29, 0.717) is 22.5 Å². The number of rotatable bonds is 6. The predicted octanol–water partition coefficient (Wildman–Crippen LogP) is 4.15. The van der Waals surface area contributed by atoms with Gasteiger partial charge >= 0.3 is 0 Å². The lowest BCUT2D eigenvalue weighted by Crippen LogP contribution is -2.26. The van der Waals surface area contributed by atoms with E-state index in [1.165, 1.54) is 38.6 Å². The molecule has 3 heterocycles. The van der Waals surface area contributed by atoms with E-state index in [-0.39, 0.29) is 28.6 Å². The van der Waals surface area contributed by atoms with E-state index >= 15 is 0 Å². The Kier molecular flexibility index (Phi) is 6.37. The average Bonchev–Trinajstić information content (AvgIpc) is 2.83. The smallest absolute Gasteiger partial charge is 0.261 e. The third-order valence-electron chi connectivity index (χ3n) is 5.64. The Morgan fingerprint density at radius 2 is 1.80 bits per heavy atom. The van der Waals surface area contributed by atoms with Gasteiger partial charge < -0.3 is 24.1 Å². The van der Waals surface area contributed by atoms with E-state index in [9.17, 15) is 14.0 Å². The highest BCUT2D eigenvalue weighted by Gasteiger charge is 2.18. The summed E-state index contributed by atoms with van der Waals surface area (Å²) in [7, 11) is 4.70. The zero-order valence-corrected chi connectivity index (χ0v) is 19.8. The third kappa shape index (κ3) is 4.50. The number of pyridine rings is 3. The van der Waals surface area contributed by atoms with Crippen LogP contribution in [-0.2, 0) is 7.05 Å². The number of hydrogen-bond donors (Lipinski definition) is 1. The van der Waals surface area contributed by atoms with E-state index in [0.717, 1.165) is 11.8 Å². The fourth-order valence-electron chi connectivity index (χ4n) is 3.61. The molecule has 10 heteroatoms. The molecule has 1 aromatic carbocycles. The maximum atomic E-state index is 14.9. The van der Waals surface area contributed by atoms with Gasteiger partial charge in [-0.1, -0.05) is 0 Å². The first-order valence-electron chi connectivity index (χ1n) is 10.6. The van der Waals surface area contributed by atoms with Crippen molar-refractivity contribution in [3.8, 4) is 23.1 Å². The number of anilines is 1. The van der Waals surface area contributed by atoms with Crippen molar-refractivity contribution in [2.75, 3.05) is 19.5 Å². The van der Waals surface area contributed by atoms with Gasteiger partial charge in [-0.05, 0) is 26.0 Å². The Bertz CT molecular complexity index is 1520. The van der Waals surface area contributed by atoms with E-state index < -0.39 is 17.2 Å². The van der Waals surface area contributed by atoms with Crippen molar-refractivity contribution in [1.82, 2.24) is 14.5 Å². The number of fused-ring (bicyclic) bond motifs is 1. The highest BCUT2D eigenvalue weighted by Crippen LogP contribution is 2.35. The van der Waals surface area contributed by atoms with Crippen LogP contribution in [0.15, 0.2) is 47.4 Å². The van der Waals surface area contributed by atoms with E-state index in [4.69, 9.17) is 14.2 Å². The summed E-state index contributed by atoms with van der Waals surface area (Å²) >= 11 is 0. The number of carbonyl (C=O) groups excluding carboxylic acids is 1. The fourth-order valence-corrected chi connectivity index (χ4v) is 3.61. The van der Waals surface area contributed by atoms with Crippen molar-refractivity contribution in [2.24, 2.45) is 7.05 Å². The molecule has 0 radical (unpaired) electrons.